The molecule has 5 rings (SSSR count). The van der Waals surface area contributed by atoms with Crippen LogP contribution in [0.4, 0.5) is 0 Å². The lowest BCUT2D eigenvalue weighted by Gasteiger charge is -2.30. The highest BCUT2D eigenvalue weighted by Gasteiger charge is 2.25. The number of aryl methyl sites for hydroxylation is 1. The second-order valence-corrected chi connectivity index (χ2v) is 8.19. The number of rotatable bonds is 3. The molecule has 2 aromatic carbocycles. The van der Waals surface area contributed by atoms with E-state index in [1.807, 2.05) is 10.6 Å². The van der Waals surface area contributed by atoms with Crippen LogP contribution < -0.4 is 10.9 Å². The van der Waals surface area contributed by atoms with Crippen LogP contribution in [0, 0.1) is 0 Å². The van der Waals surface area contributed by atoms with E-state index in [1.165, 1.54) is 17.5 Å². The second kappa shape index (κ2) is 7.47. The van der Waals surface area contributed by atoms with Crippen LogP contribution in [0.5, 0.6) is 0 Å². The first-order chi connectivity index (χ1) is 14.2. The first kappa shape index (κ1) is 18.1. The molecule has 2 aliphatic rings. The van der Waals surface area contributed by atoms with Crippen molar-refractivity contribution in [3.63, 3.8) is 0 Å². The Morgan fingerprint density at radius 2 is 1.97 bits per heavy atom. The molecule has 1 aromatic heterocycles. The van der Waals surface area contributed by atoms with E-state index in [4.69, 9.17) is 4.98 Å². The molecule has 1 unspecified atom stereocenters. The van der Waals surface area contributed by atoms with Gasteiger partial charge in [0.15, 0.2) is 0 Å². The molecule has 3 aromatic rings. The van der Waals surface area contributed by atoms with Gasteiger partial charge in [-0.05, 0) is 48.6 Å². The van der Waals surface area contributed by atoms with Crippen molar-refractivity contribution in [3.05, 3.63) is 75.3 Å². The van der Waals surface area contributed by atoms with Crippen molar-refractivity contribution < 1.29 is 4.79 Å². The third-order valence-electron chi connectivity index (χ3n) is 6.30. The van der Waals surface area contributed by atoms with Crippen molar-refractivity contribution in [2.75, 3.05) is 6.54 Å². The molecule has 1 amide bonds. The number of fused-ring (bicyclic) bond motifs is 3. The van der Waals surface area contributed by atoms with Gasteiger partial charge in [-0.3, -0.25) is 14.2 Å². The van der Waals surface area contributed by atoms with Crippen molar-refractivity contribution in [2.24, 2.45) is 0 Å². The smallest absolute Gasteiger partial charge is 0.261 e. The average Bonchev–Trinajstić information content (AvgIpc) is 2.69. The summed E-state index contributed by atoms with van der Waals surface area (Å²) in [5.41, 5.74) is 3.92. The number of carbonyl (C=O) groups excluding carboxylic acids is 1. The Labute approximate surface area is 169 Å². The van der Waals surface area contributed by atoms with E-state index in [1.54, 1.807) is 18.2 Å². The molecule has 0 saturated carbocycles. The zero-order valence-electron chi connectivity index (χ0n) is 16.5. The molecule has 5 heteroatoms. The first-order valence-corrected chi connectivity index (χ1v) is 10.6. The van der Waals surface area contributed by atoms with Crippen molar-refractivity contribution in [1.82, 2.24) is 14.9 Å². The lowest BCUT2D eigenvalue weighted by Crippen LogP contribution is -2.33. The topological polar surface area (TPSA) is 64.0 Å². The molecular formula is C24H25N3O2. The predicted octanol–water partition coefficient (Wildman–Crippen LogP) is 3.58. The highest BCUT2D eigenvalue weighted by molar-refractivity contribution is 5.97. The van der Waals surface area contributed by atoms with Crippen LogP contribution in [0.25, 0.3) is 10.9 Å². The van der Waals surface area contributed by atoms with Crippen LogP contribution >= 0.6 is 0 Å². The Hall–Kier alpha value is -2.95. The van der Waals surface area contributed by atoms with Crippen LogP contribution in [0.1, 0.15) is 58.9 Å². The maximum absolute atomic E-state index is 12.9. The molecule has 0 bridgehead atoms. The summed E-state index contributed by atoms with van der Waals surface area (Å²) in [5, 5.41) is 3.65. The quantitative estimate of drug-likeness (QED) is 0.747. The fourth-order valence-electron chi connectivity index (χ4n) is 4.60. The van der Waals surface area contributed by atoms with Crippen LogP contribution in [0.15, 0.2) is 47.3 Å². The molecular weight excluding hydrogens is 362 g/mol. The average molecular weight is 387 g/mol. The van der Waals surface area contributed by atoms with Gasteiger partial charge in [0.25, 0.3) is 11.5 Å². The summed E-state index contributed by atoms with van der Waals surface area (Å²) in [5.74, 6) is 1.13. The number of carbonyl (C=O) groups is 1. The number of nitrogens with one attached hydrogen (secondary N) is 1. The van der Waals surface area contributed by atoms with E-state index in [0.717, 1.165) is 44.5 Å². The lowest BCUT2D eigenvalue weighted by atomic mass is 9.77. The fourth-order valence-corrected chi connectivity index (χ4v) is 4.60. The molecule has 1 N–H and O–H groups in total. The van der Waals surface area contributed by atoms with E-state index in [2.05, 4.69) is 23.5 Å². The molecule has 0 saturated heterocycles. The summed E-state index contributed by atoms with van der Waals surface area (Å²) in [6, 6.07) is 13.6. The highest BCUT2D eigenvalue weighted by Crippen LogP contribution is 2.34. The Balaban J connectivity index is 1.37. The summed E-state index contributed by atoms with van der Waals surface area (Å²) in [4.78, 5) is 30.4. The Morgan fingerprint density at radius 1 is 1.10 bits per heavy atom. The van der Waals surface area contributed by atoms with Gasteiger partial charge in [-0.2, -0.15) is 0 Å². The van der Waals surface area contributed by atoms with Gasteiger partial charge >= 0.3 is 0 Å². The molecule has 5 nitrogen and oxygen atoms in total. The number of nitrogens with zero attached hydrogens (tertiary/aromatic N) is 2. The lowest BCUT2D eigenvalue weighted by molar-refractivity contribution is 0.0950. The minimum atomic E-state index is -0.107. The second-order valence-electron chi connectivity index (χ2n) is 8.19. The van der Waals surface area contributed by atoms with Gasteiger partial charge < -0.3 is 5.32 Å². The molecule has 0 spiro atoms. The van der Waals surface area contributed by atoms with Gasteiger partial charge in [0, 0.05) is 31.0 Å². The van der Waals surface area contributed by atoms with Gasteiger partial charge in [0.2, 0.25) is 0 Å². The molecule has 0 fully saturated rings. The van der Waals surface area contributed by atoms with Gasteiger partial charge in [-0.15, -0.1) is 0 Å². The van der Waals surface area contributed by atoms with E-state index < -0.39 is 0 Å². The minimum Gasteiger partial charge on any atom is -0.351 e. The van der Waals surface area contributed by atoms with Crippen molar-refractivity contribution in [2.45, 2.75) is 51.0 Å². The Kier molecular flexibility index (Phi) is 4.66. The molecule has 29 heavy (non-hydrogen) atoms. The van der Waals surface area contributed by atoms with Crippen LogP contribution in [-0.4, -0.2) is 22.0 Å². The van der Waals surface area contributed by atoms with Crippen LogP contribution in [0.2, 0.25) is 0 Å². The minimum absolute atomic E-state index is 0.0185. The summed E-state index contributed by atoms with van der Waals surface area (Å²) < 4.78 is 1.83. The summed E-state index contributed by atoms with van der Waals surface area (Å²) >= 11 is 0. The zero-order chi connectivity index (χ0) is 19.8. The zero-order valence-corrected chi connectivity index (χ0v) is 16.5. The first-order valence-electron chi connectivity index (χ1n) is 10.6. The van der Waals surface area contributed by atoms with E-state index >= 15 is 0 Å². The van der Waals surface area contributed by atoms with Gasteiger partial charge in [-0.1, -0.05) is 37.1 Å². The van der Waals surface area contributed by atoms with E-state index in [0.29, 0.717) is 28.9 Å². The van der Waals surface area contributed by atoms with Crippen molar-refractivity contribution >= 4 is 16.8 Å². The number of benzene rings is 2. The molecule has 148 valence electrons. The number of hydrogen-bond acceptors (Lipinski definition) is 3. The normalized spacial score (nSPS) is 18.1. The Morgan fingerprint density at radius 3 is 2.86 bits per heavy atom. The molecule has 1 aliphatic heterocycles. The SMILES string of the molecule is O=C(NCC1Cc2ccccc21)c1ccc2c(=O)n3c(nc2c1)CCCCCC3. The third-order valence-corrected chi connectivity index (χ3v) is 6.30. The number of amides is 1. The van der Waals surface area contributed by atoms with Gasteiger partial charge in [-0.25, -0.2) is 4.98 Å². The maximum Gasteiger partial charge on any atom is 0.261 e. The van der Waals surface area contributed by atoms with Gasteiger partial charge in [0.1, 0.15) is 5.82 Å². The standard InChI is InChI=1S/C24H25N3O2/c28-23(25-15-18-13-16-7-4-5-8-19(16)18)17-10-11-20-21(14-17)26-22-9-3-1-2-6-12-27(22)24(20)29/h4-5,7-8,10-11,14,18H,1-3,6,9,12-13,15H2,(H,25,28). The molecule has 2 heterocycles. The van der Waals surface area contributed by atoms with E-state index in [9.17, 15) is 9.59 Å². The van der Waals surface area contributed by atoms with Crippen LogP contribution in [-0.2, 0) is 19.4 Å². The molecule has 1 atom stereocenters. The maximum atomic E-state index is 12.9. The monoisotopic (exact) mass is 387 g/mol. The Bertz CT molecular complexity index is 1150. The highest BCUT2D eigenvalue weighted by atomic mass is 16.1. The van der Waals surface area contributed by atoms with Crippen LogP contribution in [0.3, 0.4) is 0 Å². The molecule has 0 radical (unpaired) electrons. The van der Waals surface area contributed by atoms with Crippen molar-refractivity contribution in [3.8, 4) is 0 Å². The summed E-state index contributed by atoms with van der Waals surface area (Å²) in [6.45, 7) is 1.37. The third kappa shape index (κ3) is 3.35. The summed E-state index contributed by atoms with van der Waals surface area (Å²) in [7, 11) is 0. The molecule has 1 aliphatic carbocycles. The summed E-state index contributed by atoms with van der Waals surface area (Å²) in [6.07, 6.45) is 6.25. The predicted molar refractivity (Wildman–Crippen MR) is 113 cm³/mol. The van der Waals surface area contributed by atoms with E-state index in [-0.39, 0.29) is 11.5 Å². The number of aromatic nitrogens is 2. The number of hydrogen-bond donors (Lipinski definition) is 1. The van der Waals surface area contributed by atoms with Gasteiger partial charge in [0.05, 0.1) is 10.9 Å². The van der Waals surface area contributed by atoms with Crippen molar-refractivity contribution in [1.29, 1.82) is 0 Å². The fraction of sp³-hybridized carbons (Fsp3) is 0.375. The largest absolute Gasteiger partial charge is 0.351 e.